The zero-order valence-electron chi connectivity index (χ0n) is 23.7. The molecule has 214 valence electrons. The van der Waals surface area contributed by atoms with Gasteiger partial charge in [-0.1, -0.05) is 24.1 Å². The summed E-state index contributed by atoms with van der Waals surface area (Å²) < 4.78 is 0. The van der Waals surface area contributed by atoms with Crippen molar-refractivity contribution in [2.45, 2.75) is 45.1 Å². The fourth-order valence-electron chi connectivity index (χ4n) is 6.07. The third-order valence-corrected chi connectivity index (χ3v) is 8.09. The minimum absolute atomic E-state index is 0.179. The quantitative estimate of drug-likeness (QED) is 0.532. The molecule has 0 saturated carbocycles. The van der Waals surface area contributed by atoms with Gasteiger partial charge in [0.15, 0.2) is 0 Å². The van der Waals surface area contributed by atoms with E-state index in [1.54, 1.807) is 24.2 Å². The number of nitrogens with one attached hydrogen (secondary N) is 1. The van der Waals surface area contributed by atoms with Crippen LogP contribution >= 0.6 is 0 Å². The van der Waals surface area contributed by atoms with Gasteiger partial charge < -0.3 is 20.9 Å². The Hall–Kier alpha value is -4.91. The molecule has 0 radical (unpaired) electrons. The fraction of sp³-hybridized carbons (Fsp3) is 0.344. The highest BCUT2D eigenvalue weighted by molar-refractivity contribution is 6.08. The Labute approximate surface area is 245 Å². The first-order chi connectivity index (χ1) is 20.5. The smallest absolute Gasteiger partial charge is 0.299 e. The van der Waals surface area contributed by atoms with E-state index in [0.29, 0.717) is 36.7 Å². The maximum Gasteiger partial charge on any atom is 0.299 e. The number of nitrogens with zero attached hydrogens (tertiary/aromatic N) is 6. The van der Waals surface area contributed by atoms with Gasteiger partial charge in [-0.15, -0.1) is 0 Å². The van der Waals surface area contributed by atoms with Gasteiger partial charge in [0.05, 0.1) is 18.3 Å². The van der Waals surface area contributed by atoms with E-state index in [1.165, 1.54) is 12.8 Å². The van der Waals surface area contributed by atoms with Crippen LogP contribution in [-0.2, 0) is 9.59 Å². The second kappa shape index (κ2) is 11.9. The highest BCUT2D eigenvalue weighted by atomic mass is 16.2. The monoisotopic (exact) mass is 562 g/mol. The molecule has 2 fully saturated rings. The third-order valence-electron chi connectivity index (χ3n) is 8.09. The van der Waals surface area contributed by atoms with Crippen LogP contribution in [0.3, 0.4) is 0 Å². The van der Waals surface area contributed by atoms with Gasteiger partial charge in [-0.05, 0) is 62.7 Å². The van der Waals surface area contributed by atoms with Gasteiger partial charge in [-0.25, -0.2) is 9.98 Å². The average molecular weight is 563 g/mol. The number of aliphatic imine (C=N–C) groups is 2. The molecule has 0 unspecified atom stereocenters. The molecule has 4 aliphatic heterocycles. The molecular weight excluding hydrogens is 528 g/mol. The number of rotatable bonds is 5. The van der Waals surface area contributed by atoms with Crippen molar-refractivity contribution in [3.63, 3.8) is 0 Å². The Morgan fingerprint density at radius 1 is 1.14 bits per heavy atom. The van der Waals surface area contributed by atoms with Crippen LogP contribution in [0.4, 0.5) is 11.5 Å². The third kappa shape index (κ3) is 5.38. The number of nitrogens with two attached hydrogens (primary N) is 1. The van der Waals surface area contributed by atoms with Crippen LogP contribution in [0, 0.1) is 11.8 Å². The summed E-state index contributed by atoms with van der Waals surface area (Å²) >= 11 is 0. The number of allylic oxidation sites excluding steroid dienone is 3. The molecular formula is C32H34N8O2. The number of pyridine rings is 1. The van der Waals surface area contributed by atoms with Crippen molar-refractivity contribution in [1.29, 1.82) is 0 Å². The van der Waals surface area contributed by atoms with Crippen LogP contribution in [0.25, 0.3) is 0 Å². The Kier molecular flexibility index (Phi) is 7.73. The molecule has 1 aliphatic carbocycles. The second-order valence-corrected chi connectivity index (χ2v) is 10.7. The number of aromatic nitrogens is 1. The summed E-state index contributed by atoms with van der Waals surface area (Å²) in [6.45, 7) is 4.75. The number of carbonyl (C=O) groups excluding carboxylic acids is 2. The summed E-state index contributed by atoms with van der Waals surface area (Å²) in [7, 11) is 0. The number of likely N-dealkylation sites (tertiary alicyclic amines) is 1. The van der Waals surface area contributed by atoms with E-state index in [0.717, 1.165) is 54.3 Å². The van der Waals surface area contributed by atoms with Crippen LogP contribution in [0.1, 0.15) is 39.0 Å². The van der Waals surface area contributed by atoms with E-state index in [1.807, 2.05) is 47.5 Å². The summed E-state index contributed by atoms with van der Waals surface area (Å²) in [4.78, 5) is 45.6. The van der Waals surface area contributed by atoms with Gasteiger partial charge in [-0.2, -0.15) is 0 Å². The van der Waals surface area contributed by atoms with Crippen molar-refractivity contribution in [1.82, 2.24) is 14.8 Å². The van der Waals surface area contributed by atoms with E-state index in [4.69, 9.17) is 10.7 Å². The van der Waals surface area contributed by atoms with Gasteiger partial charge in [0.2, 0.25) is 0 Å². The fourth-order valence-corrected chi connectivity index (χ4v) is 6.07. The predicted molar refractivity (Wildman–Crippen MR) is 164 cm³/mol. The van der Waals surface area contributed by atoms with E-state index < -0.39 is 0 Å². The summed E-state index contributed by atoms with van der Waals surface area (Å²) in [5.41, 5.74) is 10.8. The lowest BCUT2D eigenvalue weighted by Gasteiger charge is -2.37. The first-order valence-corrected chi connectivity index (χ1v) is 14.4. The molecule has 1 aromatic heterocycles. The largest absolute Gasteiger partial charge is 0.382 e. The summed E-state index contributed by atoms with van der Waals surface area (Å²) in [6, 6.07) is 3.73. The topological polar surface area (TPSA) is 120 Å². The van der Waals surface area contributed by atoms with Crippen molar-refractivity contribution < 1.29 is 9.59 Å². The molecule has 6 rings (SSSR count). The first-order valence-electron chi connectivity index (χ1n) is 14.4. The lowest BCUT2D eigenvalue weighted by molar-refractivity contribution is -0.125. The highest BCUT2D eigenvalue weighted by Crippen LogP contribution is 2.33. The molecule has 42 heavy (non-hydrogen) atoms. The zero-order valence-corrected chi connectivity index (χ0v) is 23.7. The average Bonchev–Trinajstić information content (AvgIpc) is 3.66. The van der Waals surface area contributed by atoms with Crippen LogP contribution in [0.15, 0.2) is 87.4 Å². The Balaban J connectivity index is 1.23. The summed E-state index contributed by atoms with van der Waals surface area (Å²) in [5.74, 6) is 6.68. The molecule has 0 bridgehead atoms. The normalized spacial score (nSPS) is 21.5. The molecule has 1 aromatic rings. The molecule has 10 nitrogen and oxygen atoms in total. The number of fused-ring (bicyclic) bond motifs is 1. The Morgan fingerprint density at radius 3 is 2.83 bits per heavy atom. The number of hydrogen-bond acceptors (Lipinski definition) is 8. The molecule has 10 heteroatoms. The summed E-state index contributed by atoms with van der Waals surface area (Å²) in [5, 5.41) is 2.95. The maximum absolute atomic E-state index is 13.2. The Bertz CT molecular complexity index is 1580. The van der Waals surface area contributed by atoms with Gasteiger partial charge in [0, 0.05) is 61.1 Å². The zero-order chi connectivity index (χ0) is 29.1. The molecule has 5 heterocycles. The summed E-state index contributed by atoms with van der Waals surface area (Å²) in [6.07, 6.45) is 17.5. The van der Waals surface area contributed by atoms with Crippen molar-refractivity contribution in [3.8, 4) is 11.8 Å². The maximum atomic E-state index is 13.2. The minimum Gasteiger partial charge on any atom is -0.382 e. The molecule has 2 amide bonds. The van der Waals surface area contributed by atoms with Crippen molar-refractivity contribution in [2.75, 3.05) is 36.4 Å². The molecule has 2 saturated heterocycles. The molecule has 0 spiro atoms. The van der Waals surface area contributed by atoms with Gasteiger partial charge in [0.25, 0.3) is 11.8 Å². The van der Waals surface area contributed by atoms with Gasteiger partial charge in [0.1, 0.15) is 17.5 Å². The van der Waals surface area contributed by atoms with Crippen LogP contribution in [-0.4, -0.2) is 70.5 Å². The van der Waals surface area contributed by atoms with E-state index in [-0.39, 0.29) is 17.9 Å². The lowest BCUT2D eigenvalue weighted by atomic mass is 9.96. The number of anilines is 2. The number of amides is 2. The number of carbonyl (C=O) groups is 2. The van der Waals surface area contributed by atoms with Gasteiger partial charge in [-0.3, -0.25) is 19.5 Å². The minimum atomic E-state index is -0.221. The van der Waals surface area contributed by atoms with Gasteiger partial charge >= 0.3 is 0 Å². The van der Waals surface area contributed by atoms with Crippen molar-refractivity contribution in [2.24, 2.45) is 15.7 Å². The predicted octanol–water partition coefficient (Wildman–Crippen LogP) is 3.26. The molecule has 5 aliphatic rings. The standard InChI is InChI=1S/C32H34N8O2/c1-2-7-28(41)39-18-6-10-26(39)31-36-21-25(29-30(33)35-15-19-40(29)31)22-8-5-9-23(12-11-22)32(42)37-27-20-24(13-14-34-27)38-16-3-4-17-38/h5,9,11-15,19-20,26H,3-4,6,8,10,16-18,21H2,1H3,(H2,33,35)(H,34,37,42)/t26-/m0/s1. The lowest BCUT2D eigenvalue weighted by Crippen LogP contribution is -2.49. The van der Waals surface area contributed by atoms with Crippen LogP contribution < -0.4 is 16.0 Å². The SMILES string of the molecule is CC#CC(=O)N1CCC[C@H]1C1=NCC(C2=CC=C(C(=O)Nc3cc(N4CCCC4)ccn3)C=CC2)=C2C(N)=NC=CN12. The first kappa shape index (κ1) is 27.3. The molecule has 0 aromatic carbocycles. The second-order valence-electron chi connectivity index (χ2n) is 10.7. The van der Waals surface area contributed by atoms with Crippen molar-refractivity contribution in [3.05, 3.63) is 77.4 Å². The van der Waals surface area contributed by atoms with Crippen LogP contribution in [0.2, 0.25) is 0 Å². The molecule has 1 atom stereocenters. The van der Waals surface area contributed by atoms with E-state index >= 15 is 0 Å². The molecule has 3 N–H and O–H groups in total. The van der Waals surface area contributed by atoms with Crippen molar-refractivity contribution >= 4 is 35.0 Å². The Morgan fingerprint density at radius 2 is 2.00 bits per heavy atom. The van der Waals surface area contributed by atoms with E-state index in [2.05, 4.69) is 32.0 Å². The number of amidine groups is 2. The van der Waals surface area contributed by atoms with Crippen LogP contribution in [0.5, 0.6) is 0 Å². The van der Waals surface area contributed by atoms with E-state index in [9.17, 15) is 9.59 Å². The number of hydrogen-bond donors (Lipinski definition) is 2. The highest BCUT2D eigenvalue weighted by Gasteiger charge is 2.38.